The number of rotatable bonds is 12. The van der Waals surface area contributed by atoms with E-state index in [0.717, 1.165) is 38.2 Å². The molecule has 4 rings (SSSR count). The van der Waals surface area contributed by atoms with Crippen LogP contribution in [0.1, 0.15) is 70.8 Å². The topological polar surface area (TPSA) is 81.8 Å². The number of hydrogen-bond acceptors (Lipinski definition) is 6. The van der Waals surface area contributed by atoms with E-state index in [1.807, 2.05) is 19.9 Å². The molecular formula is C31H49ClN4O3S2. The first-order valence-corrected chi connectivity index (χ1v) is 17.5. The fourth-order valence-corrected chi connectivity index (χ4v) is 8.36. The molecule has 3 amide bonds. The number of nitrogens with one attached hydrogen (secondary N) is 2. The minimum absolute atomic E-state index is 0. The van der Waals surface area contributed by atoms with Crippen molar-refractivity contribution >= 4 is 53.7 Å². The molecule has 2 atom stereocenters. The van der Waals surface area contributed by atoms with E-state index < -0.39 is 12.1 Å². The molecule has 2 heterocycles. The standard InChI is InChI=1S/C31H48N4O3S2.ClH/c1-23(2)17-29(36)35-22-40-21-28(35)31(38)33-27(20-39-19-25-11-7-4-8-12-25)30(37)32-26-13-15-34(16-14-26)18-24-9-5-3-6-10-24;/h3,5-6,9-10,23,25-28H,4,7-8,11-22H2,1-2H3,(H,32,37)(H,33,38);1H/t27-,28-;/m0./s1. The van der Waals surface area contributed by atoms with Crippen LogP contribution in [0.5, 0.6) is 0 Å². The maximum atomic E-state index is 13.5. The van der Waals surface area contributed by atoms with E-state index in [4.69, 9.17) is 0 Å². The normalized spacial score (nSPS) is 21.3. The molecule has 10 heteroatoms. The Morgan fingerprint density at radius 1 is 1.02 bits per heavy atom. The lowest BCUT2D eigenvalue weighted by molar-refractivity contribution is -0.139. The highest BCUT2D eigenvalue weighted by Crippen LogP contribution is 2.27. The summed E-state index contributed by atoms with van der Waals surface area (Å²) in [6.07, 6.45) is 8.72. The molecule has 0 bridgehead atoms. The smallest absolute Gasteiger partial charge is 0.244 e. The molecule has 3 aliphatic rings. The van der Waals surface area contributed by atoms with Gasteiger partial charge in [0.25, 0.3) is 0 Å². The lowest BCUT2D eigenvalue weighted by atomic mass is 9.91. The molecule has 2 saturated heterocycles. The largest absolute Gasteiger partial charge is 0.351 e. The summed E-state index contributed by atoms with van der Waals surface area (Å²) >= 11 is 3.40. The molecule has 1 aromatic carbocycles. The van der Waals surface area contributed by atoms with E-state index >= 15 is 0 Å². The SMILES string of the molecule is CC(C)CC(=O)N1CSC[C@H]1C(=O)N[C@@H](CSCC1CCCCC1)C(=O)NC1CCN(Cc2ccccc2)CC1.Cl. The highest BCUT2D eigenvalue weighted by Gasteiger charge is 2.37. The van der Waals surface area contributed by atoms with Gasteiger partial charge in [-0.2, -0.15) is 11.8 Å². The van der Waals surface area contributed by atoms with Crippen molar-refractivity contribution in [2.24, 2.45) is 11.8 Å². The van der Waals surface area contributed by atoms with Gasteiger partial charge in [0.05, 0.1) is 5.88 Å². The average molecular weight is 625 g/mol. The van der Waals surface area contributed by atoms with Crippen LogP contribution in [-0.4, -0.2) is 81.9 Å². The number of carbonyl (C=O) groups excluding carboxylic acids is 3. The number of carbonyl (C=O) groups is 3. The van der Waals surface area contributed by atoms with Crippen LogP contribution < -0.4 is 10.6 Å². The van der Waals surface area contributed by atoms with Gasteiger partial charge < -0.3 is 15.5 Å². The summed E-state index contributed by atoms with van der Waals surface area (Å²) in [6.45, 7) is 6.86. The van der Waals surface area contributed by atoms with Crippen molar-refractivity contribution in [3.05, 3.63) is 35.9 Å². The highest BCUT2D eigenvalue weighted by atomic mass is 35.5. The van der Waals surface area contributed by atoms with Gasteiger partial charge in [-0.05, 0) is 48.8 Å². The predicted molar refractivity (Wildman–Crippen MR) is 173 cm³/mol. The van der Waals surface area contributed by atoms with Crippen LogP contribution in [0.2, 0.25) is 0 Å². The van der Waals surface area contributed by atoms with Crippen LogP contribution in [0.25, 0.3) is 0 Å². The van der Waals surface area contributed by atoms with E-state index in [2.05, 4.69) is 39.8 Å². The summed E-state index contributed by atoms with van der Waals surface area (Å²) in [6, 6.07) is 9.54. The molecule has 0 spiro atoms. The van der Waals surface area contributed by atoms with Gasteiger partial charge in [0, 0.05) is 43.6 Å². The van der Waals surface area contributed by atoms with E-state index in [-0.39, 0.29) is 42.1 Å². The van der Waals surface area contributed by atoms with Crippen LogP contribution in [0.3, 0.4) is 0 Å². The molecule has 0 unspecified atom stereocenters. The average Bonchev–Trinajstić information content (AvgIpc) is 3.45. The highest BCUT2D eigenvalue weighted by molar-refractivity contribution is 7.99. The lowest BCUT2D eigenvalue weighted by Crippen LogP contribution is -2.56. The molecule has 2 aliphatic heterocycles. The van der Waals surface area contributed by atoms with Gasteiger partial charge in [-0.1, -0.05) is 63.4 Å². The second-order valence-electron chi connectivity index (χ2n) is 12.1. The predicted octanol–water partition coefficient (Wildman–Crippen LogP) is 4.93. The number of thioether (sulfide) groups is 2. The van der Waals surface area contributed by atoms with Gasteiger partial charge in [-0.15, -0.1) is 24.2 Å². The Labute approximate surface area is 261 Å². The molecule has 230 valence electrons. The van der Waals surface area contributed by atoms with Crippen molar-refractivity contribution in [1.29, 1.82) is 0 Å². The third-order valence-corrected chi connectivity index (χ3v) is 10.6. The Morgan fingerprint density at radius 3 is 2.41 bits per heavy atom. The number of halogens is 1. The van der Waals surface area contributed by atoms with E-state index in [0.29, 0.717) is 29.7 Å². The maximum absolute atomic E-state index is 13.5. The van der Waals surface area contributed by atoms with Gasteiger partial charge >= 0.3 is 0 Å². The summed E-state index contributed by atoms with van der Waals surface area (Å²) in [5, 5.41) is 6.34. The number of piperidine rings is 1. The number of hydrogen-bond donors (Lipinski definition) is 2. The molecule has 7 nitrogen and oxygen atoms in total. The van der Waals surface area contributed by atoms with Gasteiger partial charge in [0.15, 0.2) is 0 Å². The van der Waals surface area contributed by atoms with Crippen molar-refractivity contribution in [1.82, 2.24) is 20.4 Å². The summed E-state index contributed by atoms with van der Waals surface area (Å²) in [5.41, 5.74) is 1.31. The van der Waals surface area contributed by atoms with E-state index in [9.17, 15) is 14.4 Å². The molecule has 1 saturated carbocycles. The van der Waals surface area contributed by atoms with Crippen molar-refractivity contribution in [2.75, 3.05) is 36.2 Å². The second-order valence-corrected chi connectivity index (χ2v) is 14.2. The number of benzene rings is 1. The van der Waals surface area contributed by atoms with Crippen molar-refractivity contribution in [3.8, 4) is 0 Å². The fraction of sp³-hybridized carbons (Fsp3) is 0.710. The minimum Gasteiger partial charge on any atom is -0.351 e. The van der Waals surface area contributed by atoms with Crippen molar-refractivity contribution in [2.45, 2.75) is 89.9 Å². The molecule has 1 aromatic rings. The molecule has 2 N–H and O–H groups in total. The van der Waals surface area contributed by atoms with Gasteiger partial charge in [0.2, 0.25) is 17.7 Å². The first-order chi connectivity index (χ1) is 19.4. The minimum atomic E-state index is -0.587. The fourth-order valence-electron chi connectivity index (χ4n) is 5.91. The summed E-state index contributed by atoms with van der Waals surface area (Å²) in [5.74, 6) is 3.43. The van der Waals surface area contributed by atoms with E-state index in [1.165, 1.54) is 37.7 Å². The van der Waals surface area contributed by atoms with Crippen LogP contribution in [0.4, 0.5) is 0 Å². The molecule has 1 aliphatic carbocycles. The van der Waals surface area contributed by atoms with Crippen molar-refractivity contribution in [3.63, 3.8) is 0 Å². The van der Waals surface area contributed by atoms with Crippen LogP contribution in [0, 0.1) is 11.8 Å². The Bertz CT molecular complexity index is 956. The molecule has 3 fully saturated rings. The summed E-state index contributed by atoms with van der Waals surface area (Å²) < 4.78 is 0. The van der Waals surface area contributed by atoms with Gasteiger partial charge in [-0.25, -0.2) is 0 Å². The van der Waals surface area contributed by atoms with Crippen LogP contribution in [0.15, 0.2) is 30.3 Å². The summed E-state index contributed by atoms with van der Waals surface area (Å²) in [4.78, 5) is 43.9. The lowest BCUT2D eigenvalue weighted by Gasteiger charge is -2.33. The van der Waals surface area contributed by atoms with E-state index in [1.54, 1.807) is 28.4 Å². The number of likely N-dealkylation sites (tertiary alicyclic amines) is 1. The zero-order valence-electron chi connectivity index (χ0n) is 24.7. The molecular weight excluding hydrogens is 576 g/mol. The molecule has 41 heavy (non-hydrogen) atoms. The van der Waals surface area contributed by atoms with Crippen LogP contribution >= 0.6 is 35.9 Å². The zero-order valence-corrected chi connectivity index (χ0v) is 27.2. The Hall–Kier alpha value is -1.42. The third-order valence-electron chi connectivity index (χ3n) is 8.27. The second kappa shape index (κ2) is 17.6. The molecule has 0 aromatic heterocycles. The third kappa shape index (κ3) is 11.0. The number of nitrogens with zero attached hydrogens (tertiary/aromatic N) is 2. The number of amides is 3. The zero-order chi connectivity index (χ0) is 28.3. The Balaban J connectivity index is 0.00000462. The van der Waals surface area contributed by atoms with Crippen molar-refractivity contribution < 1.29 is 14.4 Å². The van der Waals surface area contributed by atoms with Crippen LogP contribution in [-0.2, 0) is 20.9 Å². The maximum Gasteiger partial charge on any atom is 0.244 e. The first-order valence-electron chi connectivity index (χ1n) is 15.2. The van der Waals surface area contributed by atoms with Gasteiger partial charge in [-0.3, -0.25) is 19.3 Å². The monoisotopic (exact) mass is 624 g/mol. The summed E-state index contributed by atoms with van der Waals surface area (Å²) in [7, 11) is 0. The quantitative estimate of drug-likeness (QED) is 0.343. The Morgan fingerprint density at radius 2 is 1.73 bits per heavy atom. The Kier molecular flexibility index (Phi) is 14.7. The first kappa shape index (κ1) is 34.1. The molecule has 0 radical (unpaired) electrons. The van der Waals surface area contributed by atoms with Gasteiger partial charge in [0.1, 0.15) is 12.1 Å².